The molecule has 7 heteroatoms. The Morgan fingerprint density at radius 3 is 2.62 bits per heavy atom. The van der Waals surface area contributed by atoms with E-state index in [2.05, 4.69) is 17.3 Å². The Hall–Kier alpha value is -0.660. The van der Waals surface area contributed by atoms with E-state index in [1.807, 2.05) is 0 Å². The van der Waals surface area contributed by atoms with Gasteiger partial charge >= 0.3 is 6.18 Å². The number of nitrogens with two attached hydrogens (primary N) is 1. The van der Waals surface area contributed by atoms with Crippen molar-refractivity contribution in [2.24, 2.45) is 17.7 Å². The Kier molecular flexibility index (Phi) is 2.93. The van der Waals surface area contributed by atoms with E-state index in [0.717, 1.165) is 6.42 Å². The van der Waals surface area contributed by atoms with Crippen molar-refractivity contribution in [1.82, 2.24) is 10.4 Å². The van der Waals surface area contributed by atoms with E-state index in [9.17, 15) is 13.2 Å². The highest BCUT2D eigenvalue weighted by atomic mass is 32.1. The van der Waals surface area contributed by atoms with E-state index >= 15 is 0 Å². The topological polar surface area (TPSA) is 50.9 Å². The standard InChI is InChI=1S/C9H12F3N3S/c1-4-2-5(4)7(15-13)6-3-14-8(16-6)9(10,11)12/h3-5,7,15H,2,13H2,1H3. The molecule has 0 aliphatic heterocycles. The van der Waals surface area contributed by atoms with Crippen LogP contribution >= 0.6 is 11.3 Å². The molecule has 1 fully saturated rings. The number of alkyl halides is 3. The maximum absolute atomic E-state index is 12.4. The number of nitrogens with one attached hydrogen (secondary N) is 1. The summed E-state index contributed by atoms with van der Waals surface area (Å²) in [4.78, 5) is 3.95. The molecule has 1 aliphatic carbocycles. The summed E-state index contributed by atoms with van der Waals surface area (Å²) in [6, 6.07) is -0.205. The number of halogens is 3. The molecule has 0 amide bonds. The van der Waals surface area contributed by atoms with Gasteiger partial charge in [0.1, 0.15) is 0 Å². The molecule has 0 spiro atoms. The minimum atomic E-state index is -4.36. The molecule has 2 rings (SSSR count). The zero-order valence-electron chi connectivity index (χ0n) is 8.58. The Bertz CT molecular complexity index is 376. The fourth-order valence-corrected chi connectivity index (χ4v) is 2.71. The minimum Gasteiger partial charge on any atom is -0.271 e. The van der Waals surface area contributed by atoms with Gasteiger partial charge in [0.2, 0.25) is 0 Å². The fourth-order valence-electron chi connectivity index (χ4n) is 1.79. The van der Waals surface area contributed by atoms with Crippen LogP contribution < -0.4 is 11.3 Å². The quantitative estimate of drug-likeness (QED) is 0.640. The lowest BCUT2D eigenvalue weighted by Crippen LogP contribution is -2.29. The van der Waals surface area contributed by atoms with Crippen LogP contribution in [0.5, 0.6) is 0 Å². The van der Waals surface area contributed by atoms with Crippen molar-refractivity contribution in [3.8, 4) is 0 Å². The van der Waals surface area contributed by atoms with E-state index < -0.39 is 11.2 Å². The fraction of sp³-hybridized carbons (Fsp3) is 0.667. The van der Waals surface area contributed by atoms with Crippen LogP contribution in [0.4, 0.5) is 13.2 Å². The Morgan fingerprint density at radius 1 is 1.62 bits per heavy atom. The number of nitrogens with zero attached hydrogens (tertiary/aromatic N) is 1. The van der Waals surface area contributed by atoms with Crippen LogP contribution in [-0.2, 0) is 6.18 Å². The SMILES string of the molecule is CC1CC1C(NN)c1cnc(C(F)(F)F)s1. The minimum absolute atomic E-state index is 0.205. The van der Waals surface area contributed by atoms with E-state index in [0.29, 0.717) is 28.0 Å². The lowest BCUT2D eigenvalue weighted by Gasteiger charge is -2.12. The Labute approximate surface area is 94.8 Å². The molecule has 3 N–H and O–H groups in total. The summed E-state index contributed by atoms with van der Waals surface area (Å²) in [5.74, 6) is 6.21. The smallest absolute Gasteiger partial charge is 0.271 e. The summed E-state index contributed by atoms with van der Waals surface area (Å²) < 4.78 is 37.1. The molecule has 1 aromatic rings. The molecule has 0 bridgehead atoms. The van der Waals surface area contributed by atoms with Gasteiger partial charge in [0.15, 0.2) is 5.01 Å². The van der Waals surface area contributed by atoms with Crippen molar-refractivity contribution in [3.05, 3.63) is 16.1 Å². The first-order valence-electron chi connectivity index (χ1n) is 4.92. The molecule has 90 valence electrons. The molecule has 0 saturated heterocycles. The number of aromatic nitrogens is 1. The summed E-state index contributed by atoms with van der Waals surface area (Å²) in [7, 11) is 0. The van der Waals surface area contributed by atoms with Gasteiger partial charge in [-0.05, 0) is 18.3 Å². The van der Waals surface area contributed by atoms with Gasteiger partial charge in [-0.25, -0.2) is 4.98 Å². The monoisotopic (exact) mass is 251 g/mol. The van der Waals surface area contributed by atoms with Crippen molar-refractivity contribution in [2.45, 2.75) is 25.6 Å². The summed E-state index contributed by atoms with van der Waals surface area (Å²) in [6.45, 7) is 2.06. The molecule has 1 aromatic heterocycles. The first kappa shape index (κ1) is 11.8. The second kappa shape index (κ2) is 3.97. The highest BCUT2D eigenvalue weighted by molar-refractivity contribution is 7.11. The van der Waals surface area contributed by atoms with Crippen molar-refractivity contribution in [1.29, 1.82) is 0 Å². The van der Waals surface area contributed by atoms with Gasteiger partial charge in [-0.1, -0.05) is 6.92 Å². The normalized spacial score (nSPS) is 26.8. The van der Waals surface area contributed by atoms with Crippen LogP contribution in [0.3, 0.4) is 0 Å². The zero-order chi connectivity index (χ0) is 11.9. The lowest BCUT2D eigenvalue weighted by molar-refractivity contribution is -0.137. The largest absolute Gasteiger partial charge is 0.443 e. The maximum Gasteiger partial charge on any atom is 0.443 e. The average Bonchev–Trinajstić information content (AvgIpc) is 2.71. The summed E-state index contributed by atoms with van der Waals surface area (Å²) in [6.07, 6.45) is -2.10. The first-order chi connectivity index (χ1) is 7.43. The van der Waals surface area contributed by atoms with E-state index in [-0.39, 0.29) is 6.04 Å². The van der Waals surface area contributed by atoms with Crippen LogP contribution in [-0.4, -0.2) is 4.98 Å². The van der Waals surface area contributed by atoms with Gasteiger partial charge in [-0.15, -0.1) is 11.3 Å². The van der Waals surface area contributed by atoms with Crippen molar-refractivity contribution < 1.29 is 13.2 Å². The molecule has 3 nitrogen and oxygen atoms in total. The third-order valence-electron chi connectivity index (χ3n) is 2.85. The third kappa shape index (κ3) is 2.21. The van der Waals surface area contributed by atoms with E-state index in [4.69, 9.17) is 5.84 Å². The van der Waals surface area contributed by atoms with Gasteiger partial charge < -0.3 is 0 Å². The molecule has 3 unspecified atom stereocenters. The van der Waals surface area contributed by atoms with Gasteiger partial charge in [-0.3, -0.25) is 11.3 Å². The molecular formula is C9H12F3N3S. The second-order valence-electron chi connectivity index (χ2n) is 4.09. The average molecular weight is 251 g/mol. The van der Waals surface area contributed by atoms with Crippen LogP contribution in [0.1, 0.15) is 29.3 Å². The number of hydrogen-bond donors (Lipinski definition) is 2. The highest BCUT2D eigenvalue weighted by Gasteiger charge is 2.42. The summed E-state index contributed by atoms with van der Waals surface area (Å²) >= 11 is 0.664. The van der Waals surface area contributed by atoms with Crippen LogP contribution in [0, 0.1) is 11.8 Å². The molecule has 0 aromatic carbocycles. The third-order valence-corrected chi connectivity index (χ3v) is 3.98. The van der Waals surface area contributed by atoms with Gasteiger partial charge in [-0.2, -0.15) is 13.2 Å². The van der Waals surface area contributed by atoms with Gasteiger partial charge in [0.25, 0.3) is 0 Å². The maximum atomic E-state index is 12.4. The predicted molar refractivity (Wildman–Crippen MR) is 54.5 cm³/mol. The van der Waals surface area contributed by atoms with Gasteiger partial charge in [0.05, 0.1) is 6.04 Å². The first-order valence-corrected chi connectivity index (χ1v) is 5.74. The van der Waals surface area contributed by atoms with E-state index in [1.165, 1.54) is 6.20 Å². The number of hydrogen-bond acceptors (Lipinski definition) is 4. The molecule has 3 atom stereocenters. The highest BCUT2D eigenvalue weighted by Crippen LogP contribution is 2.48. The van der Waals surface area contributed by atoms with Crippen LogP contribution in [0.2, 0.25) is 0 Å². The number of rotatable bonds is 3. The van der Waals surface area contributed by atoms with Crippen molar-refractivity contribution in [3.63, 3.8) is 0 Å². The predicted octanol–water partition coefficient (Wildman–Crippen LogP) is 2.32. The van der Waals surface area contributed by atoms with Crippen molar-refractivity contribution >= 4 is 11.3 Å². The Balaban J connectivity index is 2.17. The molecule has 1 aliphatic rings. The number of hydrazine groups is 1. The molecule has 16 heavy (non-hydrogen) atoms. The summed E-state index contributed by atoms with van der Waals surface area (Å²) in [5, 5.41) is -0.809. The molecule has 1 heterocycles. The van der Waals surface area contributed by atoms with Crippen LogP contribution in [0.15, 0.2) is 6.20 Å². The van der Waals surface area contributed by atoms with Gasteiger partial charge in [0, 0.05) is 11.1 Å². The lowest BCUT2D eigenvalue weighted by atomic mass is 10.1. The number of thiazole rings is 1. The molecular weight excluding hydrogens is 239 g/mol. The van der Waals surface area contributed by atoms with Crippen LogP contribution in [0.25, 0.3) is 0 Å². The molecule has 1 saturated carbocycles. The van der Waals surface area contributed by atoms with E-state index in [1.54, 1.807) is 0 Å². The molecule has 0 radical (unpaired) electrons. The van der Waals surface area contributed by atoms with Crippen molar-refractivity contribution in [2.75, 3.05) is 0 Å². The second-order valence-corrected chi connectivity index (χ2v) is 5.15. The zero-order valence-corrected chi connectivity index (χ0v) is 9.40. The summed E-state index contributed by atoms with van der Waals surface area (Å²) in [5.41, 5.74) is 2.58. The Morgan fingerprint density at radius 2 is 2.25 bits per heavy atom.